The molecular weight excluding hydrogens is 292 g/mol. The maximum atomic E-state index is 12.2. The smallest absolute Gasteiger partial charge is 0.227 e. The van der Waals surface area contributed by atoms with Gasteiger partial charge in [-0.25, -0.2) is 0 Å². The minimum Gasteiger partial charge on any atom is -0.341 e. The maximum Gasteiger partial charge on any atom is 0.227 e. The SMILES string of the molecule is CN1CCCN(C(=O)Cc2ccc(Br)cc2)CC1. The fourth-order valence-electron chi connectivity index (χ4n) is 2.18. The third-order valence-corrected chi connectivity index (χ3v) is 3.87. The Morgan fingerprint density at radius 2 is 1.89 bits per heavy atom. The number of rotatable bonds is 2. The molecule has 0 aromatic heterocycles. The molecule has 0 N–H and O–H groups in total. The average molecular weight is 311 g/mol. The molecule has 1 aliphatic heterocycles. The Morgan fingerprint density at radius 1 is 1.17 bits per heavy atom. The molecule has 0 saturated carbocycles. The van der Waals surface area contributed by atoms with Gasteiger partial charge in [0.1, 0.15) is 0 Å². The van der Waals surface area contributed by atoms with Crippen molar-refractivity contribution in [3.05, 3.63) is 34.3 Å². The summed E-state index contributed by atoms with van der Waals surface area (Å²) in [5.74, 6) is 0.243. The first-order valence-corrected chi connectivity index (χ1v) is 7.15. The summed E-state index contributed by atoms with van der Waals surface area (Å²) in [5.41, 5.74) is 1.08. The highest BCUT2D eigenvalue weighted by Gasteiger charge is 2.17. The minimum absolute atomic E-state index is 0.243. The van der Waals surface area contributed by atoms with E-state index in [0.717, 1.165) is 42.6 Å². The molecule has 3 nitrogen and oxygen atoms in total. The van der Waals surface area contributed by atoms with Gasteiger partial charge in [0.15, 0.2) is 0 Å². The van der Waals surface area contributed by atoms with E-state index in [1.807, 2.05) is 29.2 Å². The van der Waals surface area contributed by atoms with Crippen LogP contribution in [0.3, 0.4) is 0 Å². The molecule has 0 radical (unpaired) electrons. The first-order chi connectivity index (χ1) is 8.65. The van der Waals surface area contributed by atoms with E-state index in [1.165, 1.54) is 0 Å². The van der Waals surface area contributed by atoms with Crippen molar-refractivity contribution < 1.29 is 4.79 Å². The van der Waals surface area contributed by atoms with Crippen molar-refractivity contribution in [2.75, 3.05) is 33.2 Å². The maximum absolute atomic E-state index is 12.2. The van der Waals surface area contributed by atoms with E-state index in [9.17, 15) is 4.79 Å². The minimum atomic E-state index is 0.243. The molecule has 18 heavy (non-hydrogen) atoms. The van der Waals surface area contributed by atoms with E-state index in [0.29, 0.717) is 6.42 Å². The van der Waals surface area contributed by atoms with Crippen LogP contribution in [0.25, 0.3) is 0 Å². The topological polar surface area (TPSA) is 23.6 Å². The number of benzene rings is 1. The molecule has 2 rings (SSSR count). The molecule has 1 aromatic carbocycles. The van der Waals surface area contributed by atoms with Crippen LogP contribution in [0.5, 0.6) is 0 Å². The summed E-state index contributed by atoms with van der Waals surface area (Å²) < 4.78 is 1.05. The van der Waals surface area contributed by atoms with Crippen LogP contribution in [-0.2, 0) is 11.2 Å². The van der Waals surface area contributed by atoms with Gasteiger partial charge in [-0.1, -0.05) is 28.1 Å². The van der Waals surface area contributed by atoms with E-state index in [2.05, 4.69) is 27.9 Å². The molecule has 4 heteroatoms. The molecule has 0 spiro atoms. The van der Waals surface area contributed by atoms with E-state index in [1.54, 1.807) is 0 Å². The molecular formula is C14H19BrN2O. The number of hydrogen-bond acceptors (Lipinski definition) is 2. The van der Waals surface area contributed by atoms with Crippen molar-refractivity contribution >= 4 is 21.8 Å². The number of carbonyl (C=O) groups excluding carboxylic acids is 1. The molecule has 1 heterocycles. The molecule has 1 saturated heterocycles. The van der Waals surface area contributed by atoms with Crippen molar-refractivity contribution in [1.82, 2.24) is 9.80 Å². The molecule has 1 aliphatic rings. The second-order valence-corrected chi connectivity index (χ2v) is 5.76. The van der Waals surface area contributed by atoms with Gasteiger partial charge in [-0.05, 0) is 37.7 Å². The van der Waals surface area contributed by atoms with Gasteiger partial charge in [0, 0.05) is 24.1 Å². The Kier molecular flexibility index (Phi) is 4.78. The number of carbonyl (C=O) groups is 1. The van der Waals surface area contributed by atoms with Gasteiger partial charge < -0.3 is 9.80 Å². The van der Waals surface area contributed by atoms with Gasteiger partial charge in [0.2, 0.25) is 5.91 Å². The van der Waals surface area contributed by atoms with Gasteiger partial charge in [0.05, 0.1) is 6.42 Å². The Bertz CT molecular complexity index is 405. The quantitative estimate of drug-likeness (QED) is 0.835. The fourth-order valence-corrected chi connectivity index (χ4v) is 2.45. The normalized spacial score (nSPS) is 17.6. The van der Waals surface area contributed by atoms with Crippen molar-refractivity contribution in [3.8, 4) is 0 Å². The lowest BCUT2D eigenvalue weighted by Gasteiger charge is -2.20. The number of nitrogens with zero attached hydrogens (tertiary/aromatic N) is 2. The highest BCUT2D eigenvalue weighted by atomic mass is 79.9. The van der Waals surface area contributed by atoms with Crippen LogP contribution in [0.4, 0.5) is 0 Å². The van der Waals surface area contributed by atoms with Crippen LogP contribution in [0.2, 0.25) is 0 Å². The van der Waals surface area contributed by atoms with E-state index < -0.39 is 0 Å². The first-order valence-electron chi connectivity index (χ1n) is 6.36. The lowest BCUT2D eigenvalue weighted by atomic mass is 10.1. The summed E-state index contributed by atoms with van der Waals surface area (Å²) in [6.07, 6.45) is 1.58. The standard InChI is InChI=1S/C14H19BrN2O/c1-16-7-2-8-17(10-9-16)14(18)11-12-3-5-13(15)6-4-12/h3-6H,2,7-11H2,1H3. The lowest BCUT2D eigenvalue weighted by Crippen LogP contribution is -2.35. The second-order valence-electron chi connectivity index (χ2n) is 4.84. The molecule has 1 amide bonds. The predicted molar refractivity (Wildman–Crippen MR) is 76.5 cm³/mol. The van der Waals surface area contributed by atoms with Crippen LogP contribution in [0.15, 0.2) is 28.7 Å². The van der Waals surface area contributed by atoms with Gasteiger partial charge in [0.25, 0.3) is 0 Å². The zero-order chi connectivity index (χ0) is 13.0. The number of likely N-dealkylation sites (N-methyl/N-ethyl adjacent to an activating group) is 1. The van der Waals surface area contributed by atoms with Crippen LogP contribution >= 0.6 is 15.9 Å². The summed E-state index contributed by atoms with van der Waals surface area (Å²) in [6.45, 7) is 3.81. The Labute approximate surface area is 117 Å². The van der Waals surface area contributed by atoms with E-state index in [4.69, 9.17) is 0 Å². The van der Waals surface area contributed by atoms with Gasteiger partial charge in [-0.15, -0.1) is 0 Å². The summed E-state index contributed by atoms with van der Waals surface area (Å²) >= 11 is 3.40. The third kappa shape index (κ3) is 3.82. The van der Waals surface area contributed by atoms with Gasteiger partial charge in [-0.3, -0.25) is 4.79 Å². The molecule has 98 valence electrons. The molecule has 1 aromatic rings. The van der Waals surface area contributed by atoms with Crippen LogP contribution in [0, 0.1) is 0 Å². The Balaban J connectivity index is 1.92. The number of halogens is 1. The fraction of sp³-hybridized carbons (Fsp3) is 0.500. The molecule has 0 unspecified atom stereocenters. The molecule has 1 fully saturated rings. The predicted octanol–water partition coefficient (Wildman–Crippen LogP) is 2.16. The number of hydrogen-bond donors (Lipinski definition) is 0. The van der Waals surface area contributed by atoms with Crippen LogP contribution in [-0.4, -0.2) is 48.9 Å². The number of amides is 1. The zero-order valence-electron chi connectivity index (χ0n) is 10.7. The lowest BCUT2D eigenvalue weighted by molar-refractivity contribution is -0.130. The Morgan fingerprint density at radius 3 is 2.61 bits per heavy atom. The van der Waals surface area contributed by atoms with E-state index in [-0.39, 0.29) is 5.91 Å². The summed E-state index contributed by atoms with van der Waals surface area (Å²) in [4.78, 5) is 16.5. The van der Waals surface area contributed by atoms with Crippen molar-refractivity contribution in [2.45, 2.75) is 12.8 Å². The Hall–Kier alpha value is -0.870. The molecule has 0 atom stereocenters. The van der Waals surface area contributed by atoms with Gasteiger partial charge in [-0.2, -0.15) is 0 Å². The highest BCUT2D eigenvalue weighted by Crippen LogP contribution is 2.12. The monoisotopic (exact) mass is 310 g/mol. The van der Waals surface area contributed by atoms with Gasteiger partial charge >= 0.3 is 0 Å². The summed E-state index contributed by atoms with van der Waals surface area (Å²) in [6, 6.07) is 7.98. The van der Waals surface area contributed by atoms with Crippen molar-refractivity contribution in [3.63, 3.8) is 0 Å². The highest BCUT2D eigenvalue weighted by molar-refractivity contribution is 9.10. The van der Waals surface area contributed by atoms with Crippen LogP contribution < -0.4 is 0 Å². The largest absolute Gasteiger partial charge is 0.341 e. The summed E-state index contributed by atoms with van der Waals surface area (Å²) in [7, 11) is 2.11. The molecule has 0 aliphatic carbocycles. The van der Waals surface area contributed by atoms with Crippen LogP contribution in [0.1, 0.15) is 12.0 Å². The first kappa shape index (κ1) is 13.6. The van der Waals surface area contributed by atoms with Crippen molar-refractivity contribution in [2.24, 2.45) is 0 Å². The third-order valence-electron chi connectivity index (χ3n) is 3.34. The van der Waals surface area contributed by atoms with Crippen molar-refractivity contribution in [1.29, 1.82) is 0 Å². The molecule has 0 bridgehead atoms. The second kappa shape index (κ2) is 6.34. The zero-order valence-corrected chi connectivity index (χ0v) is 12.3. The summed E-state index contributed by atoms with van der Waals surface area (Å²) in [5, 5.41) is 0. The van der Waals surface area contributed by atoms with E-state index >= 15 is 0 Å². The average Bonchev–Trinajstić information content (AvgIpc) is 2.57.